The average Bonchev–Trinajstić information content (AvgIpc) is 2.38. The molecular formula is C12H13N5O2. The van der Waals surface area contributed by atoms with Gasteiger partial charge >= 0.3 is 5.69 Å². The topological polar surface area (TPSA) is 93.7 Å². The Kier molecular flexibility index (Phi) is 3.56. The Morgan fingerprint density at radius 3 is 2.42 bits per heavy atom. The molecule has 0 atom stereocenters. The zero-order valence-corrected chi connectivity index (χ0v) is 10.5. The van der Waals surface area contributed by atoms with Gasteiger partial charge < -0.3 is 9.88 Å². The van der Waals surface area contributed by atoms with E-state index < -0.39 is 11.2 Å². The highest BCUT2D eigenvalue weighted by Crippen LogP contribution is 2.27. The van der Waals surface area contributed by atoms with Crippen molar-refractivity contribution < 1.29 is 0 Å². The molecule has 19 heavy (non-hydrogen) atoms. The van der Waals surface area contributed by atoms with Crippen LogP contribution in [0.15, 0.2) is 50.3 Å². The number of nitrogens with zero attached hydrogens (tertiary/aromatic N) is 3. The first-order valence-electron chi connectivity index (χ1n) is 5.58. The highest BCUT2D eigenvalue weighted by molar-refractivity contribution is 5.65. The van der Waals surface area contributed by atoms with E-state index >= 15 is 0 Å². The standard InChI is InChI=1S/C12H13N5O2/c1-17(2)10-6-4-3-5-8(10)15-16-9-7-13-12(19)14-11(9)18/h3-7H,1-2H3,(H2,13,14,18,19). The number of nitrogens with one attached hydrogen (secondary N) is 2. The van der Waals surface area contributed by atoms with Crippen LogP contribution in [0, 0.1) is 0 Å². The molecule has 0 aliphatic carbocycles. The number of H-pyrrole nitrogens is 2. The van der Waals surface area contributed by atoms with Gasteiger partial charge in [0.2, 0.25) is 0 Å². The molecule has 0 amide bonds. The van der Waals surface area contributed by atoms with Crippen LogP contribution in [0.25, 0.3) is 0 Å². The van der Waals surface area contributed by atoms with Gasteiger partial charge in [0.15, 0.2) is 5.69 Å². The number of aromatic amines is 2. The van der Waals surface area contributed by atoms with Crippen molar-refractivity contribution in [1.29, 1.82) is 0 Å². The van der Waals surface area contributed by atoms with Gasteiger partial charge in [-0.25, -0.2) is 4.79 Å². The third-order valence-electron chi connectivity index (χ3n) is 2.43. The monoisotopic (exact) mass is 259 g/mol. The highest BCUT2D eigenvalue weighted by Gasteiger charge is 2.03. The first kappa shape index (κ1) is 12.7. The smallest absolute Gasteiger partial charge is 0.325 e. The summed E-state index contributed by atoms with van der Waals surface area (Å²) in [6, 6.07) is 7.41. The van der Waals surface area contributed by atoms with Gasteiger partial charge in [0.05, 0.1) is 5.69 Å². The Balaban J connectivity index is 2.38. The molecule has 98 valence electrons. The number of anilines is 1. The predicted molar refractivity (Wildman–Crippen MR) is 72.6 cm³/mol. The second kappa shape index (κ2) is 5.30. The van der Waals surface area contributed by atoms with Crippen LogP contribution in [0.2, 0.25) is 0 Å². The van der Waals surface area contributed by atoms with E-state index in [1.807, 2.05) is 37.2 Å². The fraction of sp³-hybridized carbons (Fsp3) is 0.167. The molecule has 7 heteroatoms. The second-order valence-corrected chi connectivity index (χ2v) is 4.04. The molecule has 7 nitrogen and oxygen atoms in total. The summed E-state index contributed by atoms with van der Waals surface area (Å²) in [6.45, 7) is 0. The fourth-order valence-electron chi connectivity index (χ4n) is 1.51. The first-order chi connectivity index (χ1) is 9.08. The SMILES string of the molecule is CN(C)c1ccccc1N=Nc1c[nH]c(=O)[nH]c1=O. The van der Waals surface area contributed by atoms with Gasteiger partial charge in [-0.2, -0.15) is 0 Å². The summed E-state index contributed by atoms with van der Waals surface area (Å²) in [5.74, 6) is 0. The van der Waals surface area contributed by atoms with E-state index in [9.17, 15) is 9.59 Å². The van der Waals surface area contributed by atoms with Crippen molar-refractivity contribution in [1.82, 2.24) is 9.97 Å². The Labute approximate surface area is 108 Å². The zero-order valence-electron chi connectivity index (χ0n) is 10.5. The summed E-state index contributed by atoms with van der Waals surface area (Å²) in [7, 11) is 3.78. The molecule has 0 saturated carbocycles. The molecule has 0 fully saturated rings. The van der Waals surface area contributed by atoms with Crippen molar-refractivity contribution >= 4 is 17.1 Å². The normalized spacial score (nSPS) is 10.8. The minimum absolute atomic E-state index is 0.0492. The van der Waals surface area contributed by atoms with Crippen LogP contribution >= 0.6 is 0 Å². The minimum atomic E-state index is -0.574. The van der Waals surface area contributed by atoms with Gasteiger partial charge in [-0.15, -0.1) is 10.2 Å². The third-order valence-corrected chi connectivity index (χ3v) is 2.43. The fourth-order valence-corrected chi connectivity index (χ4v) is 1.51. The summed E-state index contributed by atoms with van der Waals surface area (Å²) < 4.78 is 0. The predicted octanol–water partition coefficient (Wildman–Crippen LogP) is 1.54. The maximum absolute atomic E-state index is 11.4. The van der Waals surface area contributed by atoms with Crippen LogP contribution in [0.1, 0.15) is 0 Å². The third kappa shape index (κ3) is 2.95. The van der Waals surface area contributed by atoms with Gasteiger partial charge in [-0.05, 0) is 12.1 Å². The van der Waals surface area contributed by atoms with Crippen LogP contribution < -0.4 is 16.1 Å². The van der Waals surface area contributed by atoms with Gasteiger partial charge in [0.1, 0.15) is 5.69 Å². The Morgan fingerprint density at radius 1 is 1.05 bits per heavy atom. The number of benzene rings is 1. The van der Waals surface area contributed by atoms with Crippen molar-refractivity contribution in [2.24, 2.45) is 10.2 Å². The molecule has 0 radical (unpaired) electrons. The highest BCUT2D eigenvalue weighted by atomic mass is 16.2. The Hall–Kier alpha value is -2.70. The van der Waals surface area contributed by atoms with Crippen LogP contribution in [-0.4, -0.2) is 24.1 Å². The molecule has 0 bridgehead atoms. The molecule has 2 aromatic rings. The van der Waals surface area contributed by atoms with Gasteiger partial charge in [0, 0.05) is 20.3 Å². The summed E-state index contributed by atoms with van der Waals surface area (Å²) >= 11 is 0. The quantitative estimate of drug-likeness (QED) is 0.819. The maximum atomic E-state index is 11.4. The summed E-state index contributed by atoms with van der Waals surface area (Å²) in [5.41, 5.74) is 0.422. The lowest BCUT2D eigenvalue weighted by Gasteiger charge is -2.13. The number of hydrogen-bond acceptors (Lipinski definition) is 5. The number of rotatable bonds is 3. The van der Waals surface area contributed by atoms with E-state index in [1.54, 1.807) is 6.07 Å². The van der Waals surface area contributed by atoms with Crippen molar-refractivity contribution in [3.05, 3.63) is 51.3 Å². The Bertz CT molecular complexity index is 714. The summed E-state index contributed by atoms with van der Waals surface area (Å²) in [5, 5.41) is 7.87. The zero-order chi connectivity index (χ0) is 13.8. The van der Waals surface area contributed by atoms with Crippen LogP contribution in [-0.2, 0) is 0 Å². The van der Waals surface area contributed by atoms with Crippen molar-refractivity contribution in [2.45, 2.75) is 0 Å². The van der Waals surface area contributed by atoms with Crippen LogP contribution in [0.5, 0.6) is 0 Å². The van der Waals surface area contributed by atoms with Crippen molar-refractivity contribution in [3.8, 4) is 0 Å². The maximum Gasteiger partial charge on any atom is 0.325 e. The Morgan fingerprint density at radius 2 is 1.74 bits per heavy atom. The molecule has 0 aliphatic heterocycles. The largest absolute Gasteiger partial charge is 0.376 e. The van der Waals surface area contributed by atoms with Gasteiger partial charge in [-0.3, -0.25) is 9.78 Å². The van der Waals surface area contributed by atoms with Crippen LogP contribution in [0.4, 0.5) is 17.1 Å². The number of hydrogen-bond donors (Lipinski definition) is 2. The molecule has 2 N–H and O–H groups in total. The van der Waals surface area contributed by atoms with Crippen molar-refractivity contribution in [2.75, 3.05) is 19.0 Å². The van der Waals surface area contributed by atoms with E-state index in [0.29, 0.717) is 5.69 Å². The van der Waals surface area contributed by atoms with E-state index in [2.05, 4.69) is 20.2 Å². The molecule has 1 aromatic carbocycles. The lowest BCUT2D eigenvalue weighted by molar-refractivity contribution is 1.01. The number of aromatic nitrogens is 2. The van der Waals surface area contributed by atoms with Gasteiger partial charge in [0.25, 0.3) is 5.56 Å². The van der Waals surface area contributed by atoms with E-state index in [0.717, 1.165) is 5.69 Å². The molecule has 1 heterocycles. The number of azo groups is 1. The summed E-state index contributed by atoms with van der Waals surface area (Å²) in [6.07, 6.45) is 1.23. The lowest BCUT2D eigenvalue weighted by atomic mass is 10.2. The van der Waals surface area contributed by atoms with E-state index in [1.165, 1.54) is 6.20 Å². The number of para-hydroxylation sites is 1. The minimum Gasteiger partial charge on any atom is -0.376 e. The molecule has 0 saturated heterocycles. The van der Waals surface area contributed by atoms with E-state index in [-0.39, 0.29) is 5.69 Å². The van der Waals surface area contributed by atoms with Gasteiger partial charge in [-0.1, -0.05) is 12.1 Å². The molecule has 1 aromatic heterocycles. The van der Waals surface area contributed by atoms with Crippen molar-refractivity contribution in [3.63, 3.8) is 0 Å². The van der Waals surface area contributed by atoms with E-state index in [4.69, 9.17) is 0 Å². The molecule has 0 aliphatic rings. The lowest BCUT2D eigenvalue weighted by Crippen LogP contribution is -2.20. The molecule has 2 rings (SSSR count). The molecule has 0 unspecified atom stereocenters. The summed E-state index contributed by atoms with van der Waals surface area (Å²) in [4.78, 5) is 28.6. The molecule has 0 spiro atoms. The average molecular weight is 259 g/mol. The molecular weight excluding hydrogens is 246 g/mol. The second-order valence-electron chi connectivity index (χ2n) is 4.04. The van der Waals surface area contributed by atoms with Crippen LogP contribution in [0.3, 0.4) is 0 Å². The first-order valence-corrected chi connectivity index (χ1v) is 5.58.